The molecule has 1 aliphatic heterocycles. The molecule has 0 radical (unpaired) electrons. The molecule has 1 fully saturated rings. The second-order valence-electron chi connectivity index (χ2n) is 9.91. The van der Waals surface area contributed by atoms with Crippen LogP contribution in [0.1, 0.15) is 62.4 Å². The lowest BCUT2D eigenvalue weighted by molar-refractivity contribution is -0.154. The first kappa shape index (κ1) is 27.2. The molecular weight excluding hydrogens is 482 g/mol. The molecule has 1 aliphatic rings. The smallest absolute Gasteiger partial charge is 0.416 e. The highest BCUT2D eigenvalue weighted by Gasteiger charge is 2.43. The molecule has 7 heteroatoms. The Bertz CT molecular complexity index is 1280. The van der Waals surface area contributed by atoms with E-state index in [0.717, 1.165) is 45.8 Å². The molecule has 2 aromatic carbocycles. The van der Waals surface area contributed by atoms with Crippen molar-refractivity contribution in [2.45, 2.75) is 65.5 Å². The van der Waals surface area contributed by atoms with Gasteiger partial charge >= 0.3 is 12.1 Å². The van der Waals surface area contributed by atoms with Gasteiger partial charge in [0, 0.05) is 18.9 Å². The third-order valence-electron chi connectivity index (χ3n) is 6.84. The van der Waals surface area contributed by atoms with E-state index in [0.29, 0.717) is 18.6 Å². The molecule has 3 atom stereocenters. The highest BCUT2D eigenvalue weighted by Crippen LogP contribution is 2.37. The summed E-state index contributed by atoms with van der Waals surface area (Å²) >= 11 is 0. The molecule has 4 rings (SSSR count). The molecule has 38 heavy (non-hydrogen) atoms. The molecule has 0 bridgehead atoms. The number of rotatable bonds is 10. The summed E-state index contributed by atoms with van der Waals surface area (Å²) in [6, 6.07) is 19.2. The van der Waals surface area contributed by atoms with Crippen LogP contribution in [0.25, 0.3) is 11.1 Å². The van der Waals surface area contributed by atoms with Gasteiger partial charge in [-0.1, -0.05) is 73.5 Å². The molecule has 7 nitrogen and oxygen atoms in total. The number of aryl methyl sites for hydroxylation is 2. The van der Waals surface area contributed by atoms with Crippen molar-refractivity contribution in [3.05, 3.63) is 83.3 Å². The number of cyclic esters (lactones) is 1. The number of imide groups is 1. The van der Waals surface area contributed by atoms with E-state index in [1.54, 1.807) is 6.92 Å². The number of carbonyl (C=O) groups is 3. The maximum atomic E-state index is 13.7. The van der Waals surface area contributed by atoms with E-state index in [4.69, 9.17) is 13.9 Å². The molecule has 2 amide bonds. The Hall–Kier alpha value is -3.87. The van der Waals surface area contributed by atoms with E-state index in [1.165, 1.54) is 6.92 Å². The van der Waals surface area contributed by atoms with Crippen LogP contribution in [-0.4, -0.2) is 35.5 Å². The molecular formula is C31H35NO6. The van der Waals surface area contributed by atoms with Gasteiger partial charge in [0.15, 0.2) is 6.10 Å². The number of benzene rings is 2. The maximum absolute atomic E-state index is 13.7. The number of hydrogen-bond donors (Lipinski definition) is 0. The lowest BCUT2D eigenvalue weighted by Gasteiger charge is -2.27. The summed E-state index contributed by atoms with van der Waals surface area (Å²) in [6.45, 7) is 7.21. The van der Waals surface area contributed by atoms with Crippen molar-refractivity contribution >= 4 is 18.0 Å². The van der Waals surface area contributed by atoms with Gasteiger partial charge in [-0.2, -0.15) is 0 Å². The van der Waals surface area contributed by atoms with Crippen LogP contribution in [-0.2, 0) is 31.9 Å². The third kappa shape index (κ3) is 6.15. The van der Waals surface area contributed by atoms with Crippen molar-refractivity contribution in [3.63, 3.8) is 0 Å². The van der Waals surface area contributed by atoms with E-state index < -0.39 is 36.0 Å². The second-order valence-corrected chi connectivity index (χ2v) is 9.91. The number of unbranched alkanes of at least 4 members (excludes halogenated alkanes) is 1. The molecule has 1 saturated heterocycles. The van der Waals surface area contributed by atoms with Crippen molar-refractivity contribution in [2.24, 2.45) is 5.92 Å². The summed E-state index contributed by atoms with van der Waals surface area (Å²) in [5.41, 5.74) is 4.02. The zero-order valence-corrected chi connectivity index (χ0v) is 22.4. The van der Waals surface area contributed by atoms with Gasteiger partial charge in [-0.05, 0) is 43.9 Å². The van der Waals surface area contributed by atoms with Crippen LogP contribution in [0.4, 0.5) is 4.79 Å². The summed E-state index contributed by atoms with van der Waals surface area (Å²) in [5.74, 6) is -0.715. The minimum atomic E-state index is -0.996. The Balaban J connectivity index is 1.66. The fraction of sp³-hybridized carbons (Fsp3) is 0.387. The fourth-order valence-electron chi connectivity index (χ4n) is 4.87. The fourth-order valence-corrected chi connectivity index (χ4v) is 4.87. The summed E-state index contributed by atoms with van der Waals surface area (Å²) in [7, 11) is 0. The average molecular weight is 518 g/mol. The van der Waals surface area contributed by atoms with E-state index in [9.17, 15) is 14.4 Å². The van der Waals surface area contributed by atoms with Crippen molar-refractivity contribution in [1.29, 1.82) is 0 Å². The standard InChI is InChI=1S/C31H35NO6/c1-5-6-15-27-26(24-14-10-11-20(2)16-24)18-28(38-27)29(37-22(4)33)21(3)30(34)32-25(19-36-31(32)35)17-23-12-8-7-9-13-23/h7-14,16,18,21,25,29H,5-6,15,17,19H2,1-4H3/t21-,25-,29-/m0/s1. The summed E-state index contributed by atoms with van der Waals surface area (Å²) < 4.78 is 17.2. The van der Waals surface area contributed by atoms with Gasteiger partial charge in [-0.3, -0.25) is 9.59 Å². The van der Waals surface area contributed by atoms with Gasteiger partial charge < -0.3 is 13.9 Å². The Labute approximate surface area is 223 Å². The predicted molar refractivity (Wildman–Crippen MR) is 143 cm³/mol. The first-order valence-corrected chi connectivity index (χ1v) is 13.2. The van der Waals surface area contributed by atoms with E-state index in [-0.39, 0.29) is 6.61 Å². The average Bonchev–Trinajstić information content (AvgIpc) is 3.49. The number of ether oxygens (including phenoxy) is 2. The number of nitrogens with zero attached hydrogens (tertiary/aromatic N) is 1. The normalized spacial score (nSPS) is 16.7. The van der Waals surface area contributed by atoms with Crippen molar-refractivity contribution in [1.82, 2.24) is 4.90 Å². The van der Waals surface area contributed by atoms with Crippen molar-refractivity contribution in [2.75, 3.05) is 6.61 Å². The van der Waals surface area contributed by atoms with Gasteiger partial charge in [0.05, 0.1) is 12.0 Å². The Kier molecular flexibility index (Phi) is 8.66. The van der Waals surface area contributed by atoms with Crippen LogP contribution < -0.4 is 0 Å². The van der Waals surface area contributed by atoms with E-state index in [2.05, 4.69) is 13.0 Å². The van der Waals surface area contributed by atoms with E-state index in [1.807, 2.05) is 61.5 Å². The minimum Gasteiger partial charge on any atom is -0.461 e. The molecule has 3 aromatic rings. The van der Waals surface area contributed by atoms with Crippen LogP contribution in [0.15, 0.2) is 65.1 Å². The predicted octanol–water partition coefficient (Wildman–Crippen LogP) is 6.43. The van der Waals surface area contributed by atoms with Gasteiger partial charge in [-0.15, -0.1) is 0 Å². The summed E-state index contributed by atoms with van der Waals surface area (Å²) in [4.78, 5) is 39.7. The van der Waals surface area contributed by atoms with E-state index >= 15 is 0 Å². The SMILES string of the molecule is CCCCc1oc([C@@H](OC(C)=O)[C@H](C)C(=O)N2C(=O)OC[C@@H]2Cc2ccccc2)cc1-c1cccc(C)c1. The Morgan fingerprint density at radius 1 is 1.11 bits per heavy atom. The lowest BCUT2D eigenvalue weighted by atomic mass is 9.97. The molecule has 0 N–H and O–H groups in total. The molecule has 0 saturated carbocycles. The minimum absolute atomic E-state index is 0.115. The zero-order chi connectivity index (χ0) is 27.2. The lowest BCUT2D eigenvalue weighted by Crippen LogP contribution is -2.44. The zero-order valence-electron chi connectivity index (χ0n) is 22.4. The van der Waals surface area contributed by atoms with Crippen LogP contribution >= 0.6 is 0 Å². The highest BCUT2D eigenvalue weighted by atomic mass is 16.6. The first-order chi connectivity index (χ1) is 18.3. The summed E-state index contributed by atoms with van der Waals surface area (Å²) in [6.07, 6.45) is 1.43. The topological polar surface area (TPSA) is 86.0 Å². The van der Waals surface area contributed by atoms with Gasteiger partial charge in [-0.25, -0.2) is 9.69 Å². The molecule has 0 unspecified atom stereocenters. The van der Waals surface area contributed by atoms with Crippen molar-refractivity contribution in [3.8, 4) is 11.1 Å². The van der Waals surface area contributed by atoms with Gasteiger partial charge in [0.25, 0.3) is 0 Å². The Morgan fingerprint density at radius 2 is 1.87 bits per heavy atom. The number of amides is 2. The molecule has 1 aromatic heterocycles. The van der Waals surface area contributed by atoms with Gasteiger partial charge in [0.1, 0.15) is 18.1 Å². The Morgan fingerprint density at radius 3 is 2.55 bits per heavy atom. The highest BCUT2D eigenvalue weighted by molar-refractivity contribution is 5.95. The number of hydrogen-bond acceptors (Lipinski definition) is 6. The molecule has 0 spiro atoms. The van der Waals surface area contributed by atoms with Crippen LogP contribution in [0.2, 0.25) is 0 Å². The molecule has 200 valence electrons. The monoisotopic (exact) mass is 517 g/mol. The second kappa shape index (κ2) is 12.1. The van der Waals surface area contributed by atoms with Gasteiger partial charge in [0.2, 0.25) is 5.91 Å². The quantitative estimate of drug-likeness (QED) is 0.288. The summed E-state index contributed by atoms with van der Waals surface area (Å²) in [5, 5.41) is 0. The first-order valence-electron chi connectivity index (χ1n) is 13.2. The number of esters is 1. The largest absolute Gasteiger partial charge is 0.461 e. The third-order valence-corrected chi connectivity index (χ3v) is 6.84. The molecule has 0 aliphatic carbocycles. The number of furan rings is 1. The van der Waals surface area contributed by atoms with Crippen LogP contribution in [0.3, 0.4) is 0 Å². The van der Waals surface area contributed by atoms with Crippen LogP contribution in [0, 0.1) is 12.8 Å². The van der Waals surface area contributed by atoms with Crippen molar-refractivity contribution < 1.29 is 28.3 Å². The molecule has 2 heterocycles. The number of carbonyl (C=O) groups excluding carboxylic acids is 3. The van der Waals surface area contributed by atoms with Crippen LogP contribution in [0.5, 0.6) is 0 Å². The maximum Gasteiger partial charge on any atom is 0.416 e.